The van der Waals surface area contributed by atoms with E-state index < -0.39 is 17.6 Å². The minimum Gasteiger partial charge on any atom is -0.464 e. The van der Waals surface area contributed by atoms with Crippen molar-refractivity contribution in [3.05, 3.63) is 53.2 Å². The van der Waals surface area contributed by atoms with Crippen LogP contribution in [-0.2, 0) is 21.6 Å². The fourth-order valence-electron chi connectivity index (χ4n) is 2.02. The number of amides is 1. The molecular weight excluding hydrogens is 312 g/mol. The van der Waals surface area contributed by atoms with E-state index in [4.69, 9.17) is 9.15 Å². The van der Waals surface area contributed by atoms with E-state index in [2.05, 4.69) is 15.0 Å². The van der Waals surface area contributed by atoms with E-state index in [-0.39, 0.29) is 18.2 Å². The number of nitrogens with zero attached hydrogens (tertiary/aromatic N) is 1. The normalized spacial score (nSPS) is 11.0. The molecule has 1 heterocycles. The van der Waals surface area contributed by atoms with Crippen molar-refractivity contribution in [2.75, 3.05) is 7.11 Å². The number of benzene rings is 1. The van der Waals surface area contributed by atoms with Crippen molar-refractivity contribution in [3.8, 4) is 0 Å². The van der Waals surface area contributed by atoms with Gasteiger partial charge in [-0.25, -0.2) is 14.6 Å². The summed E-state index contributed by atoms with van der Waals surface area (Å²) in [5.74, 6) is -0.0774. The molecule has 0 atom stereocenters. The highest BCUT2D eigenvalue weighted by Crippen LogP contribution is 2.22. The summed E-state index contributed by atoms with van der Waals surface area (Å²) in [5, 5.41) is 2.67. The summed E-state index contributed by atoms with van der Waals surface area (Å²) in [7, 11) is 1.26. The van der Waals surface area contributed by atoms with Crippen molar-refractivity contribution in [1.82, 2.24) is 10.3 Å². The van der Waals surface area contributed by atoms with Gasteiger partial charge in [0.25, 0.3) is 0 Å². The molecule has 7 heteroatoms. The number of alkyl carbamates (subject to hydrolysis) is 1. The van der Waals surface area contributed by atoms with E-state index in [0.717, 1.165) is 5.56 Å². The number of carbonyl (C=O) groups excluding carboxylic acids is 2. The zero-order valence-electron chi connectivity index (χ0n) is 14.1. The van der Waals surface area contributed by atoms with Crippen molar-refractivity contribution in [2.24, 2.45) is 0 Å². The van der Waals surface area contributed by atoms with Crippen molar-refractivity contribution < 1.29 is 23.5 Å². The summed E-state index contributed by atoms with van der Waals surface area (Å²) in [6.07, 6.45) is -0.612. The second-order valence-electron chi connectivity index (χ2n) is 5.73. The molecule has 2 rings (SSSR count). The van der Waals surface area contributed by atoms with E-state index >= 15 is 0 Å². The monoisotopic (exact) mass is 332 g/mol. The molecule has 7 nitrogen and oxygen atoms in total. The summed E-state index contributed by atoms with van der Waals surface area (Å²) < 4.78 is 15.3. The Morgan fingerprint density at radius 1 is 1.25 bits per heavy atom. The first kappa shape index (κ1) is 17.5. The molecule has 0 radical (unpaired) electrons. The number of hydrogen-bond acceptors (Lipinski definition) is 6. The van der Waals surface area contributed by atoms with E-state index in [1.54, 1.807) is 20.8 Å². The van der Waals surface area contributed by atoms with Crippen molar-refractivity contribution >= 4 is 12.1 Å². The van der Waals surface area contributed by atoms with Gasteiger partial charge in [0, 0.05) is 0 Å². The van der Waals surface area contributed by atoms with Crippen molar-refractivity contribution in [3.63, 3.8) is 0 Å². The van der Waals surface area contributed by atoms with Gasteiger partial charge in [-0.1, -0.05) is 30.3 Å². The lowest BCUT2D eigenvalue weighted by atomic mass is 10.1. The molecule has 128 valence electrons. The topological polar surface area (TPSA) is 90.7 Å². The third kappa shape index (κ3) is 4.13. The number of rotatable bonds is 5. The second-order valence-corrected chi connectivity index (χ2v) is 5.73. The number of ether oxygens (including phenoxy) is 2. The molecule has 0 fully saturated rings. The zero-order chi connectivity index (χ0) is 17.7. The van der Waals surface area contributed by atoms with E-state index in [1.165, 1.54) is 7.11 Å². The van der Waals surface area contributed by atoms with Gasteiger partial charge in [-0.05, 0) is 26.3 Å². The van der Waals surface area contributed by atoms with Crippen LogP contribution in [0.2, 0.25) is 0 Å². The van der Waals surface area contributed by atoms with Gasteiger partial charge < -0.3 is 19.2 Å². The molecule has 2 aromatic rings. The molecule has 0 saturated carbocycles. The molecule has 1 amide bonds. The number of aryl methyl sites for hydroxylation is 1. The number of nitrogens with one attached hydrogen (secondary N) is 1. The Kier molecular flexibility index (Phi) is 5.23. The highest BCUT2D eigenvalue weighted by molar-refractivity contribution is 5.88. The number of carbonyl (C=O) groups is 2. The average Bonchev–Trinajstić information content (AvgIpc) is 2.95. The summed E-state index contributed by atoms with van der Waals surface area (Å²) >= 11 is 0. The van der Waals surface area contributed by atoms with Gasteiger partial charge in [0.2, 0.25) is 5.89 Å². The summed E-state index contributed by atoms with van der Waals surface area (Å²) in [6.45, 7) is 5.15. The standard InChI is InChI=1S/C17H20N2O5/c1-11-13(14(20)22-4)18-15(24-11)17(2,3)19-16(21)23-10-12-8-6-5-7-9-12/h5-9H,10H2,1-4H3,(H,19,21). The molecule has 0 unspecified atom stereocenters. The van der Waals surface area contributed by atoms with Crippen LogP contribution in [0.15, 0.2) is 34.7 Å². The number of esters is 1. The van der Waals surface area contributed by atoms with Crippen molar-refractivity contribution in [1.29, 1.82) is 0 Å². The third-order valence-electron chi connectivity index (χ3n) is 3.34. The lowest BCUT2D eigenvalue weighted by Gasteiger charge is -2.22. The molecule has 1 N–H and O–H groups in total. The number of methoxy groups -OCH3 is 1. The quantitative estimate of drug-likeness (QED) is 0.847. The van der Waals surface area contributed by atoms with Crippen LogP contribution < -0.4 is 5.32 Å². The first-order valence-electron chi connectivity index (χ1n) is 7.38. The van der Waals surface area contributed by atoms with Crippen LogP contribution in [0.4, 0.5) is 4.79 Å². The predicted molar refractivity (Wildman–Crippen MR) is 85.4 cm³/mol. The Morgan fingerprint density at radius 3 is 2.54 bits per heavy atom. The first-order chi connectivity index (χ1) is 11.3. The Hall–Kier alpha value is -2.83. The van der Waals surface area contributed by atoms with Crippen molar-refractivity contribution in [2.45, 2.75) is 32.9 Å². The fraction of sp³-hybridized carbons (Fsp3) is 0.353. The second kappa shape index (κ2) is 7.16. The summed E-state index contributed by atoms with van der Waals surface area (Å²) in [6, 6.07) is 9.34. The molecule has 0 aliphatic carbocycles. The highest BCUT2D eigenvalue weighted by atomic mass is 16.5. The SMILES string of the molecule is COC(=O)c1nc(C(C)(C)NC(=O)OCc2ccccc2)oc1C. The van der Waals surface area contributed by atoms with Gasteiger partial charge in [0.1, 0.15) is 17.9 Å². The van der Waals surface area contributed by atoms with Crippen LogP contribution in [-0.4, -0.2) is 24.2 Å². The van der Waals surface area contributed by atoms with Gasteiger partial charge in [-0.15, -0.1) is 0 Å². The predicted octanol–water partition coefficient (Wildman–Crippen LogP) is 2.93. The third-order valence-corrected chi connectivity index (χ3v) is 3.34. The highest BCUT2D eigenvalue weighted by Gasteiger charge is 2.31. The Bertz CT molecular complexity index is 722. The Morgan fingerprint density at radius 2 is 1.92 bits per heavy atom. The number of aromatic nitrogens is 1. The van der Waals surface area contributed by atoms with E-state index in [1.807, 2.05) is 30.3 Å². The summed E-state index contributed by atoms with van der Waals surface area (Å²) in [4.78, 5) is 27.7. The summed E-state index contributed by atoms with van der Waals surface area (Å²) in [5.41, 5.74) is 0.00979. The molecular formula is C17H20N2O5. The van der Waals surface area contributed by atoms with Gasteiger partial charge in [-0.3, -0.25) is 0 Å². The lowest BCUT2D eigenvalue weighted by molar-refractivity contribution is 0.0592. The van der Waals surface area contributed by atoms with Crippen LogP contribution in [0.5, 0.6) is 0 Å². The average molecular weight is 332 g/mol. The molecule has 24 heavy (non-hydrogen) atoms. The van der Waals surface area contributed by atoms with E-state index in [0.29, 0.717) is 5.76 Å². The van der Waals surface area contributed by atoms with Gasteiger partial charge >= 0.3 is 12.1 Å². The van der Waals surface area contributed by atoms with Crippen LogP contribution in [0.1, 0.15) is 41.6 Å². The molecule has 0 aliphatic heterocycles. The maximum absolute atomic E-state index is 12.0. The van der Waals surface area contributed by atoms with Crippen LogP contribution >= 0.6 is 0 Å². The smallest absolute Gasteiger partial charge is 0.408 e. The molecule has 0 bridgehead atoms. The van der Waals surface area contributed by atoms with Crippen LogP contribution in [0.25, 0.3) is 0 Å². The molecule has 1 aromatic heterocycles. The molecule has 1 aromatic carbocycles. The zero-order valence-corrected chi connectivity index (χ0v) is 14.1. The minimum absolute atomic E-state index is 0.0834. The van der Waals surface area contributed by atoms with Crippen LogP contribution in [0, 0.1) is 6.92 Å². The lowest BCUT2D eigenvalue weighted by Crippen LogP contribution is -2.41. The number of oxazole rings is 1. The Balaban J connectivity index is 2.02. The van der Waals surface area contributed by atoms with Gasteiger partial charge in [0.05, 0.1) is 7.11 Å². The largest absolute Gasteiger partial charge is 0.464 e. The minimum atomic E-state index is -0.954. The van der Waals surface area contributed by atoms with E-state index in [9.17, 15) is 9.59 Å². The van der Waals surface area contributed by atoms with Crippen LogP contribution in [0.3, 0.4) is 0 Å². The number of hydrogen-bond donors (Lipinski definition) is 1. The Labute approximate surface area is 140 Å². The maximum Gasteiger partial charge on any atom is 0.408 e. The molecule has 0 spiro atoms. The first-order valence-corrected chi connectivity index (χ1v) is 7.38. The van der Waals surface area contributed by atoms with Gasteiger partial charge in [-0.2, -0.15) is 0 Å². The fourth-order valence-corrected chi connectivity index (χ4v) is 2.02. The van der Waals surface area contributed by atoms with Gasteiger partial charge in [0.15, 0.2) is 5.69 Å². The maximum atomic E-state index is 12.0. The molecule has 0 aliphatic rings. The molecule has 0 saturated heterocycles.